The molecule has 0 bridgehead atoms. The minimum atomic E-state index is -3.74. The van der Waals surface area contributed by atoms with Gasteiger partial charge in [0.25, 0.3) is 10.0 Å². The van der Waals surface area contributed by atoms with Crippen LogP contribution in [-0.2, 0) is 10.0 Å². The maximum atomic E-state index is 12.9. The van der Waals surface area contributed by atoms with Gasteiger partial charge in [-0.15, -0.1) is 0 Å². The number of benzene rings is 2. The van der Waals surface area contributed by atoms with Crippen LogP contribution in [0.5, 0.6) is 0 Å². The van der Waals surface area contributed by atoms with Crippen LogP contribution in [0.3, 0.4) is 0 Å². The zero-order valence-electron chi connectivity index (χ0n) is 13.8. The normalized spacial score (nSPS) is 11.8. The molecule has 0 aliphatic rings. The molecule has 126 valence electrons. The summed E-state index contributed by atoms with van der Waals surface area (Å²) in [6.45, 7) is 7.41. The molecule has 2 aromatic carbocycles. The lowest BCUT2D eigenvalue weighted by molar-refractivity contribution is 0.585. The predicted octanol–water partition coefficient (Wildman–Crippen LogP) is 3.89. The Kier molecular flexibility index (Phi) is 4.01. The van der Waals surface area contributed by atoms with Crippen molar-refractivity contribution in [3.63, 3.8) is 0 Å². The minimum Gasteiger partial charge on any atom is -0.414 e. The summed E-state index contributed by atoms with van der Waals surface area (Å²) in [5.41, 5.74) is 4.19. The van der Waals surface area contributed by atoms with Crippen molar-refractivity contribution in [3.8, 4) is 0 Å². The van der Waals surface area contributed by atoms with E-state index in [2.05, 4.69) is 4.72 Å². The van der Waals surface area contributed by atoms with E-state index in [-0.39, 0.29) is 0 Å². The van der Waals surface area contributed by atoms with Crippen LogP contribution in [0.15, 0.2) is 38.4 Å². The van der Waals surface area contributed by atoms with Crippen LogP contribution in [0.1, 0.15) is 22.3 Å². The van der Waals surface area contributed by atoms with Gasteiger partial charge >= 0.3 is 4.94 Å². The highest BCUT2D eigenvalue weighted by molar-refractivity contribution is 7.92. The molecule has 0 saturated carbocycles. The van der Waals surface area contributed by atoms with Crippen molar-refractivity contribution >= 4 is 37.3 Å². The lowest BCUT2D eigenvalue weighted by Gasteiger charge is -2.16. The van der Waals surface area contributed by atoms with Gasteiger partial charge in [0.2, 0.25) is 0 Å². The number of rotatable bonds is 3. The van der Waals surface area contributed by atoms with Gasteiger partial charge in [-0.3, -0.25) is 4.72 Å². The van der Waals surface area contributed by atoms with Crippen molar-refractivity contribution in [2.45, 2.75) is 32.6 Å². The second kappa shape index (κ2) is 5.75. The fraction of sp³-hybridized carbons (Fsp3) is 0.235. The minimum absolute atomic E-state index is 0.306. The Morgan fingerprint density at radius 3 is 2.25 bits per heavy atom. The first-order valence-electron chi connectivity index (χ1n) is 7.33. The largest absolute Gasteiger partial charge is 0.414 e. The Balaban J connectivity index is 2.09. The first kappa shape index (κ1) is 16.7. The first-order valence-corrected chi connectivity index (χ1v) is 9.63. The third kappa shape index (κ3) is 2.85. The van der Waals surface area contributed by atoms with E-state index in [1.54, 1.807) is 32.0 Å². The zero-order valence-corrected chi connectivity index (χ0v) is 15.4. The molecule has 0 amide bonds. The molecule has 24 heavy (non-hydrogen) atoms. The Bertz CT molecular complexity index is 1080. The molecule has 0 spiro atoms. The van der Waals surface area contributed by atoms with Crippen molar-refractivity contribution in [1.82, 2.24) is 0 Å². The van der Waals surface area contributed by atoms with Crippen LogP contribution in [-0.4, -0.2) is 8.42 Å². The van der Waals surface area contributed by atoms with Gasteiger partial charge in [0.1, 0.15) is 5.58 Å². The molecular formula is C17H17NO4S2. The summed E-state index contributed by atoms with van der Waals surface area (Å²) in [5, 5.41) is 0. The number of hydrogen-bond acceptors (Lipinski definition) is 5. The van der Waals surface area contributed by atoms with Gasteiger partial charge in [0.15, 0.2) is 0 Å². The predicted molar refractivity (Wildman–Crippen MR) is 96.6 cm³/mol. The number of nitrogens with one attached hydrogen (secondary N) is 1. The standard InChI is InChI=1S/C17H17NO4S2/c1-9-7-10(2)12(4)16(11(9)3)24(20,21)18-13-5-6-14-15(8-13)23-17(19)22-14/h5-8,18H,1-4H3. The third-order valence-electron chi connectivity index (χ3n) is 4.15. The van der Waals surface area contributed by atoms with Crippen molar-refractivity contribution < 1.29 is 12.8 Å². The van der Waals surface area contributed by atoms with Crippen LogP contribution in [0.4, 0.5) is 5.69 Å². The second-order valence-corrected chi connectivity index (χ2v) is 8.41. The van der Waals surface area contributed by atoms with E-state index >= 15 is 0 Å². The topological polar surface area (TPSA) is 76.4 Å². The Hall–Kier alpha value is -2.12. The molecule has 0 saturated heterocycles. The fourth-order valence-electron chi connectivity index (χ4n) is 2.73. The first-order chi connectivity index (χ1) is 11.2. The summed E-state index contributed by atoms with van der Waals surface area (Å²) >= 11 is 0.942. The van der Waals surface area contributed by atoms with Crippen LogP contribution in [0, 0.1) is 27.7 Å². The van der Waals surface area contributed by atoms with Gasteiger partial charge in [-0.2, -0.15) is 0 Å². The van der Waals surface area contributed by atoms with Crippen molar-refractivity contribution in [2.24, 2.45) is 0 Å². The van der Waals surface area contributed by atoms with E-state index in [0.717, 1.165) is 33.6 Å². The molecule has 3 aromatic rings. The van der Waals surface area contributed by atoms with Gasteiger partial charge < -0.3 is 4.42 Å². The molecule has 1 heterocycles. The summed E-state index contributed by atoms with van der Waals surface area (Å²) in [7, 11) is -3.74. The van der Waals surface area contributed by atoms with Crippen molar-refractivity contribution in [3.05, 3.63) is 56.3 Å². The lowest BCUT2D eigenvalue weighted by atomic mass is 10.0. The Labute approximate surface area is 144 Å². The van der Waals surface area contributed by atoms with E-state index in [1.807, 2.05) is 19.9 Å². The van der Waals surface area contributed by atoms with Gasteiger partial charge in [0.05, 0.1) is 15.3 Å². The van der Waals surface area contributed by atoms with Crippen LogP contribution in [0.2, 0.25) is 0 Å². The van der Waals surface area contributed by atoms with E-state index in [1.165, 1.54) is 0 Å². The second-order valence-electron chi connectivity index (χ2n) is 5.81. The highest BCUT2D eigenvalue weighted by Gasteiger charge is 2.22. The number of sulfonamides is 1. The van der Waals surface area contributed by atoms with Crippen LogP contribution < -0.4 is 9.66 Å². The van der Waals surface area contributed by atoms with E-state index in [0.29, 0.717) is 20.9 Å². The SMILES string of the molecule is Cc1cc(C)c(C)c(S(=O)(=O)Nc2ccc3oc(=O)sc3c2)c1C. The molecule has 0 fully saturated rings. The molecule has 0 atom stereocenters. The lowest BCUT2D eigenvalue weighted by Crippen LogP contribution is -2.17. The third-order valence-corrected chi connectivity index (χ3v) is 6.59. The van der Waals surface area contributed by atoms with E-state index in [4.69, 9.17) is 4.42 Å². The molecule has 3 rings (SSSR count). The zero-order chi connectivity index (χ0) is 17.6. The number of aryl methyl sites for hydroxylation is 2. The van der Waals surface area contributed by atoms with Crippen LogP contribution >= 0.6 is 11.3 Å². The van der Waals surface area contributed by atoms with Gasteiger partial charge in [0, 0.05) is 0 Å². The molecule has 0 aliphatic heterocycles. The summed E-state index contributed by atoms with van der Waals surface area (Å²) in [4.78, 5) is 11.2. The highest BCUT2D eigenvalue weighted by atomic mass is 32.2. The number of hydrogen-bond donors (Lipinski definition) is 1. The molecule has 1 aromatic heterocycles. The average Bonchev–Trinajstić information content (AvgIpc) is 2.84. The number of anilines is 1. The molecule has 0 aliphatic carbocycles. The Morgan fingerprint density at radius 2 is 1.62 bits per heavy atom. The van der Waals surface area contributed by atoms with Gasteiger partial charge in [-0.25, -0.2) is 13.2 Å². The molecular weight excluding hydrogens is 346 g/mol. The van der Waals surface area contributed by atoms with Crippen molar-refractivity contribution in [1.29, 1.82) is 0 Å². The fourth-order valence-corrected chi connectivity index (χ4v) is 5.10. The summed E-state index contributed by atoms with van der Waals surface area (Å²) in [6.07, 6.45) is 0. The van der Waals surface area contributed by atoms with Gasteiger partial charge in [-0.1, -0.05) is 17.4 Å². The molecule has 5 nitrogen and oxygen atoms in total. The average molecular weight is 363 g/mol. The molecule has 1 N–H and O–H groups in total. The molecule has 0 radical (unpaired) electrons. The molecule has 7 heteroatoms. The maximum absolute atomic E-state index is 12.9. The van der Waals surface area contributed by atoms with E-state index < -0.39 is 15.0 Å². The quantitative estimate of drug-likeness (QED) is 0.766. The number of fused-ring (bicyclic) bond motifs is 1. The highest BCUT2D eigenvalue weighted by Crippen LogP contribution is 2.29. The van der Waals surface area contributed by atoms with Crippen molar-refractivity contribution in [2.75, 3.05) is 4.72 Å². The molecule has 0 unspecified atom stereocenters. The van der Waals surface area contributed by atoms with E-state index in [9.17, 15) is 13.2 Å². The monoisotopic (exact) mass is 363 g/mol. The van der Waals surface area contributed by atoms with Crippen LogP contribution in [0.25, 0.3) is 10.3 Å². The Morgan fingerprint density at radius 1 is 1.00 bits per heavy atom. The smallest absolute Gasteiger partial charge is 0.396 e. The summed E-state index contributed by atoms with van der Waals surface area (Å²) < 4.78 is 34.0. The summed E-state index contributed by atoms with van der Waals surface area (Å²) in [6, 6.07) is 6.77. The maximum Gasteiger partial charge on any atom is 0.396 e. The summed E-state index contributed by atoms with van der Waals surface area (Å²) in [5.74, 6) is 0. The van der Waals surface area contributed by atoms with Gasteiger partial charge in [-0.05, 0) is 68.1 Å².